The number of fused-ring (bicyclic) bond motifs is 1. The van der Waals surface area contributed by atoms with Gasteiger partial charge in [0.05, 0.1) is 0 Å². The molecule has 0 atom stereocenters. The SMILES string of the molecule is CNc1cc(C(C)(C)C)nc2c(F)ccc(C)c12. The Kier molecular flexibility index (Phi) is 3.01. The standard InChI is InChI=1S/C15H19FN2/c1-9-6-7-10(16)14-13(9)11(17-5)8-12(18-14)15(2,3)4/h6-8H,1-5H3,(H,17,18). The van der Waals surface area contributed by atoms with Crippen molar-refractivity contribution in [2.75, 3.05) is 12.4 Å². The van der Waals surface area contributed by atoms with Crippen LogP contribution >= 0.6 is 0 Å². The van der Waals surface area contributed by atoms with E-state index in [0.717, 1.165) is 22.3 Å². The quantitative estimate of drug-likeness (QED) is 0.822. The van der Waals surface area contributed by atoms with Gasteiger partial charge in [0.15, 0.2) is 0 Å². The first-order chi connectivity index (χ1) is 8.34. The first-order valence-corrected chi connectivity index (χ1v) is 6.12. The minimum absolute atomic E-state index is 0.101. The maximum atomic E-state index is 14.0. The highest BCUT2D eigenvalue weighted by atomic mass is 19.1. The van der Waals surface area contributed by atoms with Crippen molar-refractivity contribution in [2.24, 2.45) is 0 Å². The number of aryl methyl sites for hydroxylation is 1. The zero-order valence-corrected chi connectivity index (χ0v) is 11.6. The molecule has 0 spiro atoms. The summed E-state index contributed by atoms with van der Waals surface area (Å²) in [6.45, 7) is 8.21. The van der Waals surface area contributed by atoms with Crippen molar-refractivity contribution >= 4 is 16.6 Å². The fraction of sp³-hybridized carbons (Fsp3) is 0.400. The van der Waals surface area contributed by atoms with Crippen molar-refractivity contribution in [3.05, 3.63) is 35.3 Å². The number of hydrogen-bond acceptors (Lipinski definition) is 2. The number of rotatable bonds is 1. The number of hydrogen-bond donors (Lipinski definition) is 1. The lowest BCUT2D eigenvalue weighted by Gasteiger charge is -2.20. The zero-order chi connectivity index (χ0) is 13.5. The van der Waals surface area contributed by atoms with Crippen molar-refractivity contribution in [1.29, 1.82) is 0 Å². The predicted octanol–water partition coefficient (Wildman–Crippen LogP) is 4.02. The minimum Gasteiger partial charge on any atom is -0.388 e. The number of anilines is 1. The summed E-state index contributed by atoms with van der Waals surface area (Å²) >= 11 is 0. The van der Waals surface area contributed by atoms with Crippen molar-refractivity contribution in [3.8, 4) is 0 Å². The summed E-state index contributed by atoms with van der Waals surface area (Å²) in [5.74, 6) is -0.266. The molecule has 0 aliphatic carbocycles. The second-order valence-electron chi connectivity index (χ2n) is 5.64. The Balaban J connectivity index is 2.88. The molecular weight excluding hydrogens is 227 g/mol. The maximum absolute atomic E-state index is 14.0. The van der Waals surface area contributed by atoms with Crippen LogP contribution in [0.3, 0.4) is 0 Å². The van der Waals surface area contributed by atoms with E-state index < -0.39 is 0 Å². The van der Waals surface area contributed by atoms with Gasteiger partial charge in [-0.1, -0.05) is 26.8 Å². The van der Waals surface area contributed by atoms with E-state index in [4.69, 9.17) is 0 Å². The van der Waals surface area contributed by atoms with Gasteiger partial charge in [-0.05, 0) is 24.6 Å². The van der Waals surface area contributed by atoms with Gasteiger partial charge in [-0.15, -0.1) is 0 Å². The van der Waals surface area contributed by atoms with E-state index in [0.29, 0.717) is 5.52 Å². The predicted molar refractivity (Wildman–Crippen MR) is 74.7 cm³/mol. The number of benzene rings is 1. The van der Waals surface area contributed by atoms with Gasteiger partial charge >= 0.3 is 0 Å². The monoisotopic (exact) mass is 246 g/mol. The molecule has 2 rings (SSSR count). The Morgan fingerprint density at radius 1 is 1.22 bits per heavy atom. The van der Waals surface area contributed by atoms with Gasteiger partial charge in [0.25, 0.3) is 0 Å². The molecule has 0 aliphatic rings. The van der Waals surface area contributed by atoms with Crippen LogP contribution in [0, 0.1) is 12.7 Å². The molecule has 18 heavy (non-hydrogen) atoms. The first kappa shape index (κ1) is 12.8. The van der Waals surface area contributed by atoms with Crippen LogP contribution in [0.5, 0.6) is 0 Å². The van der Waals surface area contributed by atoms with Gasteiger partial charge in [-0.3, -0.25) is 0 Å². The van der Waals surface area contributed by atoms with Crippen LogP contribution in [0.15, 0.2) is 18.2 Å². The molecule has 0 fully saturated rings. The fourth-order valence-corrected chi connectivity index (χ4v) is 2.06. The van der Waals surface area contributed by atoms with Crippen LogP contribution in [0.4, 0.5) is 10.1 Å². The van der Waals surface area contributed by atoms with Crippen LogP contribution < -0.4 is 5.32 Å². The highest BCUT2D eigenvalue weighted by Crippen LogP contribution is 2.32. The van der Waals surface area contributed by atoms with E-state index in [1.54, 1.807) is 6.07 Å². The van der Waals surface area contributed by atoms with Gasteiger partial charge in [-0.2, -0.15) is 0 Å². The van der Waals surface area contributed by atoms with Gasteiger partial charge in [0, 0.05) is 29.2 Å². The number of nitrogens with one attached hydrogen (secondary N) is 1. The van der Waals surface area contributed by atoms with Gasteiger partial charge in [-0.25, -0.2) is 9.37 Å². The van der Waals surface area contributed by atoms with Crippen molar-refractivity contribution < 1.29 is 4.39 Å². The molecule has 1 aromatic carbocycles. The van der Waals surface area contributed by atoms with Crippen LogP contribution in [0.2, 0.25) is 0 Å². The molecule has 0 saturated carbocycles. The average molecular weight is 246 g/mol. The Hall–Kier alpha value is -1.64. The third kappa shape index (κ3) is 2.05. The lowest BCUT2D eigenvalue weighted by molar-refractivity contribution is 0.569. The second kappa shape index (κ2) is 4.23. The van der Waals surface area contributed by atoms with Crippen molar-refractivity contribution in [1.82, 2.24) is 4.98 Å². The molecule has 2 aromatic rings. The Labute approximate surface area is 107 Å². The topological polar surface area (TPSA) is 24.9 Å². The summed E-state index contributed by atoms with van der Waals surface area (Å²) < 4.78 is 14.0. The summed E-state index contributed by atoms with van der Waals surface area (Å²) in [6.07, 6.45) is 0. The normalized spacial score (nSPS) is 11.9. The highest BCUT2D eigenvalue weighted by Gasteiger charge is 2.19. The number of pyridine rings is 1. The van der Waals surface area contributed by atoms with Crippen molar-refractivity contribution in [3.63, 3.8) is 0 Å². The van der Waals surface area contributed by atoms with E-state index in [2.05, 4.69) is 31.1 Å². The molecule has 1 heterocycles. The third-order valence-corrected chi connectivity index (χ3v) is 3.16. The van der Waals surface area contributed by atoms with E-state index in [9.17, 15) is 4.39 Å². The Bertz CT molecular complexity index is 597. The molecule has 0 bridgehead atoms. The van der Waals surface area contributed by atoms with E-state index in [1.165, 1.54) is 6.07 Å². The van der Waals surface area contributed by atoms with Crippen LogP contribution in [-0.4, -0.2) is 12.0 Å². The van der Waals surface area contributed by atoms with Crippen LogP contribution in [-0.2, 0) is 5.41 Å². The van der Waals surface area contributed by atoms with E-state index in [-0.39, 0.29) is 11.2 Å². The van der Waals surface area contributed by atoms with E-state index in [1.807, 2.05) is 20.0 Å². The van der Waals surface area contributed by atoms with Gasteiger partial charge in [0.1, 0.15) is 11.3 Å². The first-order valence-electron chi connectivity index (χ1n) is 6.12. The summed E-state index contributed by atoms with van der Waals surface area (Å²) in [7, 11) is 1.85. The lowest BCUT2D eigenvalue weighted by Crippen LogP contribution is -2.14. The maximum Gasteiger partial charge on any atom is 0.149 e. The molecule has 1 aromatic heterocycles. The van der Waals surface area contributed by atoms with Crippen LogP contribution in [0.1, 0.15) is 32.0 Å². The molecule has 0 amide bonds. The smallest absolute Gasteiger partial charge is 0.149 e. The molecular formula is C15H19FN2. The second-order valence-corrected chi connectivity index (χ2v) is 5.64. The lowest BCUT2D eigenvalue weighted by atomic mass is 9.90. The zero-order valence-electron chi connectivity index (χ0n) is 11.6. The number of nitrogens with zero attached hydrogens (tertiary/aromatic N) is 1. The Morgan fingerprint density at radius 3 is 2.44 bits per heavy atom. The Morgan fingerprint density at radius 2 is 1.89 bits per heavy atom. The molecule has 96 valence electrons. The number of halogens is 1. The molecule has 3 heteroatoms. The number of aromatic nitrogens is 1. The molecule has 0 aliphatic heterocycles. The van der Waals surface area contributed by atoms with Crippen LogP contribution in [0.25, 0.3) is 10.9 Å². The fourth-order valence-electron chi connectivity index (χ4n) is 2.06. The highest BCUT2D eigenvalue weighted by molar-refractivity contribution is 5.94. The molecule has 1 N–H and O–H groups in total. The molecule has 0 radical (unpaired) electrons. The average Bonchev–Trinajstić information content (AvgIpc) is 2.31. The van der Waals surface area contributed by atoms with Gasteiger partial charge in [0.2, 0.25) is 0 Å². The molecule has 0 unspecified atom stereocenters. The molecule has 0 saturated heterocycles. The molecule has 2 nitrogen and oxygen atoms in total. The van der Waals surface area contributed by atoms with Crippen molar-refractivity contribution in [2.45, 2.75) is 33.1 Å². The van der Waals surface area contributed by atoms with Gasteiger partial charge < -0.3 is 5.32 Å². The minimum atomic E-state index is -0.266. The summed E-state index contributed by atoms with van der Waals surface area (Å²) in [4.78, 5) is 4.50. The third-order valence-electron chi connectivity index (χ3n) is 3.16. The summed E-state index contributed by atoms with van der Waals surface area (Å²) in [6, 6.07) is 5.28. The summed E-state index contributed by atoms with van der Waals surface area (Å²) in [5, 5.41) is 4.01. The van der Waals surface area contributed by atoms with E-state index >= 15 is 0 Å². The largest absolute Gasteiger partial charge is 0.388 e. The summed E-state index contributed by atoms with van der Waals surface area (Å²) in [5.41, 5.74) is 3.21.